The minimum absolute atomic E-state index is 0.0349. The van der Waals surface area contributed by atoms with E-state index < -0.39 is 65.9 Å². The van der Waals surface area contributed by atoms with Crippen molar-refractivity contribution >= 4 is 29.7 Å². The predicted octanol–water partition coefficient (Wildman–Crippen LogP) is 3.34. The average Bonchev–Trinajstić information content (AvgIpc) is 3.05. The molecule has 0 bridgehead atoms. The molecule has 48 heavy (non-hydrogen) atoms. The Kier molecular flexibility index (Phi) is 13.2. The summed E-state index contributed by atoms with van der Waals surface area (Å²) < 4.78 is 47.5. The predicted molar refractivity (Wildman–Crippen MR) is 166 cm³/mol. The van der Waals surface area contributed by atoms with Gasteiger partial charge in [0, 0.05) is 6.42 Å². The third-order valence-corrected chi connectivity index (χ3v) is 7.23. The van der Waals surface area contributed by atoms with Crippen molar-refractivity contribution in [2.45, 2.75) is 57.6 Å². The van der Waals surface area contributed by atoms with Gasteiger partial charge in [0.1, 0.15) is 24.4 Å². The van der Waals surface area contributed by atoms with Crippen molar-refractivity contribution in [2.75, 3.05) is 0 Å². The molecule has 5 N–H and O–H groups in total. The van der Waals surface area contributed by atoms with Crippen LogP contribution >= 0.6 is 0 Å². The Bertz CT molecular complexity index is 1550. The summed E-state index contributed by atoms with van der Waals surface area (Å²) in [5, 5.41) is 14.9. The highest BCUT2D eigenvalue weighted by molar-refractivity contribution is 5.94. The van der Waals surface area contributed by atoms with E-state index in [4.69, 9.17) is 10.5 Å². The van der Waals surface area contributed by atoms with E-state index >= 15 is 0 Å². The first-order valence-corrected chi connectivity index (χ1v) is 14.9. The first-order chi connectivity index (χ1) is 22.6. The van der Waals surface area contributed by atoms with Crippen molar-refractivity contribution in [1.82, 2.24) is 10.6 Å². The number of carbonyl (C=O) groups is 5. The van der Waals surface area contributed by atoms with Crippen LogP contribution in [0, 0.1) is 11.8 Å². The molecule has 0 aromatic heterocycles. The van der Waals surface area contributed by atoms with Crippen LogP contribution in [-0.2, 0) is 48.2 Å². The number of amides is 2. The van der Waals surface area contributed by atoms with Crippen molar-refractivity contribution in [3.05, 3.63) is 102 Å². The standard InChI is InChI=1S/C34H36F3N3O8/c1-20(2)28(40-29(41)27(38)25(31(43)44)17-21-9-5-3-6-10-21)30(42)39-26(32(45)47-19-23-11-7-4-8-12-23)18-22-13-15-24(16-14-22)48-33(46)34(35,36)37/h3-16,20,25-28H,17-19,38H2,1-2H3,(H,39,42)(H,40,41)(H,43,44)/t25?,26-,27-,28-/m0/s1. The van der Waals surface area contributed by atoms with Crippen molar-refractivity contribution in [2.24, 2.45) is 17.6 Å². The number of carbonyl (C=O) groups excluding carboxylic acids is 4. The molecule has 0 aliphatic carbocycles. The molecule has 1 unspecified atom stereocenters. The van der Waals surface area contributed by atoms with Crippen LogP contribution in [0.3, 0.4) is 0 Å². The number of alkyl halides is 3. The quantitative estimate of drug-likeness (QED) is 0.140. The van der Waals surface area contributed by atoms with Crippen LogP contribution in [0.4, 0.5) is 13.2 Å². The van der Waals surface area contributed by atoms with Gasteiger partial charge in [0.2, 0.25) is 11.8 Å². The normalized spacial score (nSPS) is 13.8. The number of rotatable bonds is 15. The molecule has 0 aliphatic heterocycles. The highest BCUT2D eigenvalue weighted by Gasteiger charge is 2.41. The van der Waals surface area contributed by atoms with Crippen LogP contribution in [-0.4, -0.2) is 59.1 Å². The third kappa shape index (κ3) is 11.2. The largest absolute Gasteiger partial charge is 0.491 e. The van der Waals surface area contributed by atoms with Crippen molar-refractivity contribution in [3.8, 4) is 5.75 Å². The fourth-order valence-corrected chi connectivity index (χ4v) is 4.58. The van der Waals surface area contributed by atoms with Crippen LogP contribution in [0.15, 0.2) is 84.9 Å². The first-order valence-electron chi connectivity index (χ1n) is 14.9. The molecule has 0 saturated heterocycles. The van der Waals surface area contributed by atoms with Crippen LogP contribution in [0.25, 0.3) is 0 Å². The monoisotopic (exact) mass is 671 g/mol. The molecule has 3 aromatic carbocycles. The summed E-state index contributed by atoms with van der Waals surface area (Å²) in [5.74, 6) is -8.46. The number of halogens is 3. The van der Waals surface area contributed by atoms with E-state index in [0.29, 0.717) is 16.7 Å². The van der Waals surface area contributed by atoms with E-state index in [-0.39, 0.29) is 25.2 Å². The molecular weight excluding hydrogens is 635 g/mol. The van der Waals surface area contributed by atoms with Crippen molar-refractivity contribution in [1.29, 1.82) is 0 Å². The number of hydrogen-bond acceptors (Lipinski definition) is 8. The SMILES string of the molecule is CC(C)[C@H](NC(=O)[C@@H](N)C(Cc1ccccc1)C(=O)O)C(=O)N[C@@H](Cc1ccc(OC(=O)C(F)(F)F)cc1)C(=O)OCc1ccccc1. The van der Waals surface area contributed by atoms with Crippen molar-refractivity contribution in [3.63, 3.8) is 0 Å². The molecule has 3 aromatic rings. The van der Waals surface area contributed by atoms with Crippen molar-refractivity contribution < 1.29 is 51.7 Å². The second-order valence-electron chi connectivity index (χ2n) is 11.3. The maximum absolute atomic E-state index is 13.5. The number of carboxylic acid groups (broad SMARTS) is 1. The summed E-state index contributed by atoms with van der Waals surface area (Å²) in [6.45, 7) is 3.12. The summed E-state index contributed by atoms with van der Waals surface area (Å²) >= 11 is 0. The van der Waals surface area contributed by atoms with Gasteiger partial charge in [-0.1, -0.05) is 86.6 Å². The summed E-state index contributed by atoms with van der Waals surface area (Å²) in [6.07, 6.45) is -5.42. The lowest BCUT2D eigenvalue weighted by Crippen LogP contribution is -2.58. The zero-order chi connectivity index (χ0) is 35.4. The van der Waals surface area contributed by atoms with E-state index in [1.54, 1.807) is 74.5 Å². The molecule has 0 radical (unpaired) electrons. The Balaban J connectivity index is 1.77. The Hall–Kier alpha value is -5.24. The number of aliphatic carboxylic acids is 1. The van der Waals surface area contributed by atoms with E-state index in [1.807, 2.05) is 0 Å². The second kappa shape index (κ2) is 17.1. The van der Waals surface area contributed by atoms with Gasteiger partial charge in [0.05, 0.1) is 12.0 Å². The average molecular weight is 672 g/mol. The molecule has 4 atom stereocenters. The molecule has 0 spiro atoms. The van der Waals surface area contributed by atoms with Gasteiger partial charge in [0.25, 0.3) is 0 Å². The molecule has 0 fully saturated rings. The van der Waals surface area contributed by atoms with Gasteiger partial charge in [-0.3, -0.25) is 14.4 Å². The van der Waals surface area contributed by atoms with E-state index in [2.05, 4.69) is 15.4 Å². The highest BCUT2D eigenvalue weighted by Crippen LogP contribution is 2.21. The van der Waals surface area contributed by atoms with Gasteiger partial charge < -0.3 is 30.9 Å². The molecule has 0 heterocycles. The summed E-state index contributed by atoms with van der Waals surface area (Å²) in [5.41, 5.74) is 7.75. The number of esters is 2. The Labute approximate surface area is 274 Å². The fourth-order valence-electron chi connectivity index (χ4n) is 4.58. The number of hydrogen-bond donors (Lipinski definition) is 4. The minimum Gasteiger partial charge on any atom is -0.481 e. The smallest absolute Gasteiger partial charge is 0.481 e. The lowest BCUT2D eigenvalue weighted by atomic mass is 9.91. The molecule has 2 amide bonds. The molecular formula is C34H36F3N3O8. The lowest BCUT2D eigenvalue weighted by Gasteiger charge is -2.27. The lowest BCUT2D eigenvalue weighted by molar-refractivity contribution is -0.189. The zero-order valence-corrected chi connectivity index (χ0v) is 26.1. The first kappa shape index (κ1) is 37.2. The molecule has 0 aliphatic rings. The van der Waals surface area contributed by atoms with Crippen LogP contribution in [0.2, 0.25) is 0 Å². The zero-order valence-electron chi connectivity index (χ0n) is 26.1. The van der Waals surface area contributed by atoms with Gasteiger partial charge in [-0.25, -0.2) is 9.59 Å². The Morgan fingerprint density at radius 1 is 0.771 bits per heavy atom. The van der Waals surface area contributed by atoms with E-state index in [0.717, 1.165) is 12.1 Å². The summed E-state index contributed by atoms with van der Waals surface area (Å²) in [4.78, 5) is 63.1. The Morgan fingerprint density at radius 3 is 1.83 bits per heavy atom. The molecule has 14 heteroatoms. The molecule has 256 valence electrons. The number of nitrogens with one attached hydrogen (secondary N) is 2. The van der Waals surface area contributed by atoms with Crippen LogP contribution in [0.1, 0.15) is 30.5 Å². The topological polar surface area (TPSA) is 174 Å². The maximum atomic E-state index is 13.5. The van der Waals surface area contributed by atoms with Gasteiger partial charge in [0.15, 0.2) is 0 Å². The number of nitrogens with two attached hydrogens (primary N) is 1. The Morgan fingerprint density at radius 2 is 1.31 bits per heavy atom. The molecule has 0 saturated carbocycles. The van der Waals surface area contributed by atoms with Gasteiger partial charge in [-0.15, -0.1) is 0 Å². The van der Waals surface area contributed by atoms with Gasteiger partial charge in [-0.05, 0) is 41.2 Å². The molecule has 11 nitrogen and oxygen atoms in total. The van der Waals surface area contributed by atoms with Crippen LogP contribution in [0.5, 0.6) is 5.75 Å². The van der Waals surface area contributed by atoms with Gasteiger partial charge >= 0.3 is 24.1 Å². The van der Waals surface area contributed by atoms with Gasteiger partial charge in [-0.2, -0.15) is 13.2 Å². The van der Waals surface area contributed by atoms with Crippen LogP contribution < -0.4 is 21.1 Å². The van der Waals surface area contributed by atoms with E-state index in [1.165, 1.54) is 12.1 Å². The molecule has 3 rings (SSSR count). The fraction of sp³-hybridized carbons (Fsp3) is 0.324. The summed E-state index contributed by atoms with van der Waals surface area (Å²) in [7, 11) is 0. The number of carboxylic acids is 1. The maximum Gasteiger partial charge on any atom is 0.491 e. The number of benzene rings is 3. The second-order valence-corrected chi connectivity index (χ2v) is 11.3. The number of ether oxygens (including phenoxy) is 2. The summed E-state index contributed by atoms with van der Waals surface area (Å²) in [6, 6.07) is 18.0. The minimum atomic E-state index is -5.20. The van der Waals surface area contributed by atoms with E-state index in [9.17, 15) is 42.3 Å². The third-order valence-electron chi connectivity index (χ3n) is 7.23. The highest BCUT2D eigenvalue weighted by atomic mass is 19.4.